The van der Waals surface area contributed by atoms with Crippen LogP contribution in [0, 0.1) is 10.1 Å². The Morgan fingerprint density at radius 1 is 1.60 bits per heavy atom. The standard InChI is InChI=1S/C5H5N3O2/c6-5-3-1-2-4-7(5)8(9)10/h1-4,6H/p+1. The van der Waals surface area contributed by atoms with Crippen LogP contribution in [0.4, 0.5) is 0 Å². The first-order chi connectivity index (χ1) is 4.72. The van der Waals surface area contributed by atoms with Gasteiger partial charge in [0.05, 0.1) is 4.68 Å². The molecule has 1 aromatic rings. The van der Waals surface area contributed by atoms with E-state index >= 15 is 0 Å². The van der Waals surface area contributed by atoms with Gasteiger partial charge in [-0.1, -0.05) is 6.07 Å². The van der Waals surface area contributed by atoms with Crippen LogP contribution in [-0.2, 0) is 0 Å². The van der Waals surface area contributed by atoms with Gasteiger partial charge in [-0.3, -0.25) is 5.41 Å². The van der Waals surface area contributed by atoms with Crippen LogP contribution in [0.2, 0.25) is 0 Å². The molecule has 0 aliphatic rings. The number of nitrogens with two attached hydrogens (primary N) is 1. The zero-order valence-electron chi connectivity index (χ0n) is 5.10. The molecule has 2 N–H and O–H groups in total. The number of rotatable bonds is 1. The molecule has 0 spiro atoms. The predicted molar refractivity (Wildman–Crippen MR) is 31.9 cm³/mol. The number of nitrogens with zero attached hydrogens (tertiary/aromatic N) is 2. The van der Waals surface area contributed by atoms with Crippen LogP contribution in [0.5, 0.6) is 0 Å². The largest absolute Gasteiger partial charge is 0.339 e. The van der Waals surface area contributed by atoms with E-state index in [-0.39, 0.29) is 5.49 Å². The number of nitro groups is 1. The van der Waals surface area contributed by atoms with Crippen LogP contribution in [0.1, 0.15) is 0 Å². The van der Waals surface area contributed by atoms with Crippen molar-refractivity contribution in [1.82, 2.24) is 4.68 Å². The van der Waals surface area contributed by atoms with Crippen molar-refractivity contribution in [3.8, 4) is 0 Å². The van der Waals surface area contributed by atoms with Crippen molar-refractivity contribution in [3.05, 3.63) is 40.0 Å². The molecule has 1 rings (SSSR count). The maximum Gasteiger partial charge on any atom is 0.339 e. The number of hydrogen-bond acceptors (Lipinski definition) is 2. The van der Waals surface area contributed by atoms with Crippen LogP contribution < -0.4 is 10.9 Å². The second-order valence-electron chi connectivity index (χ2n) is 1.71. The molecular formula is C5H6N3O2+. The lowest BCUT2D eigenvalue weighted by molar-refractivity contribution is -0.553. The molecule has 0 bridgehead atoms. The summed E-state index contributed by atoms with van der Waals surface area (Å²) in [4.78, 5) is 10.1. The van der Waals surface area contributed by atoms with Crippen LogP contribution in [0.25, 0.3) is 0 Å². The zero-order chi connectivity index (χ0) is 7.56. The SMILES string of the molecule is [NH2+]=c1ccccn1[N+](=O)[O-]. The summed E-state index contributed by atoms with van der Waals surface area (Å²) in [7, 11) is 0. The summed E-state index contributed by atoms with van der Waals surface area (Å²) in [6, 6.07) is 4.64. The van der Waals surface area contributed by atoms with Crippen molar-refractivity contribution >= 4 is 0 Å². The average Bonchev–Trinajstić information content (AvgIpc) is 1.88. The van der Waals surface area contributed by atoms with Gasteiger partial charge in [0.1, 0.15) is 0 Å². The zero-order valence-corrected chi connectivity index (χ0v) is 5.10. The van der Waals surface area contributed by atoms with E-state index in [2.05, 4.69) is 0 Å². The quantitative estimate of drug-likeness (QED) is 0.368. The first kappa shape index (κ1) is 6.47. The summed E-state index contributed by atoms with van der Waals surface area (Å²) < 4.78 is 0.750. The fourth-order valence-corrected chi connectivity index (χ4v) is 0.597. The smallest absolute Gasteiger partial charge is 0.282 e. The Morgan fingerprint density at radius 2 is 2.30 bits per heavy atom. The van der Waals surface area contributed by atoms with Gasteiger partial charge in [0.15, 0.2) is 6.20 Å². The Hall–Kier alpha value is -1.65. The van der Waals surface area contributed by atoms with Crippen LogP contribution in [0.15, 0.2) is 24.4 Å². The highest BCUT2D eigenvalue weighted by Gasteiger charge is 2.06. The second kappa shape index (κ2) is 2.30. The molecule has 0 aliphatic carbocycles. The number of pyridine rings is 1. The highest BCUT2D eigenvalue weighted by molar-refractivity contribution is 4.88. The van der Waals surface area contributed by atoms with Crippen molar-refractivity contribution in [2.24, 2.45) is 0 Å². The van der Waals surface area contributed by atoms with Crippen LogP contribution in [-0.4, -0.2) is 9.71 Å². The van der Waals surface area contributed by atoms with E-state index in [1.165, 1.54) is 12.3 Å². The highest BCUT2D eigenvalue weighted by atomic mass is 16.7. The lowest BCUT2D eigenvalue weighted by Crippen LogP contribution is -2.51. The molecule has 5 heteroatoms. The molecule has 52 valence electrons. The Kier molecular flexibility index (Phi) is 1.49. The summed E-state index contributed by atoms with van der Waals surface area (Å²) in [5.74, 6) is 0. The lowest BCUT2D eigenvalue weighted by Gasteiger charge is -1.83. The van der Waals surface area contributed by atoms with E-state index in [1.807, 2.05) is 0 Å². The van der Waals surface area contributed by atoms with Crippen LogP contribution >= 0.6 is 0 Å². The van der Waals surface area contributed by atoms with Gasteiger partial charge in [0, 0.05) is 6.07 Å². The molecule has 0 aromatic carbocycles. The topological polar surface area (TPSA) is 73.7 Å². The minimum atomic E-state index is -0.588. The normalized spacial score (nSPS) is 9.20. The molecule has 0 aliphatic heterocycles. The maximum absolute atomic E-state index is 10.1. The monoisotopic (exact) mass is 140 g/mol. The van der Waals surface area contributed by atoms with Gasteiger partial charge in [-0.15, -0.1) is 0 Å². The minimum Gasteiger partial charge on any atom is -0.282 e. The first-order valence-electron chi connectivity index (χ1n) is 2.62. The van der Waals surface area contributed by atoms with Crippen molar-refractivity contribution in [3.63, 3.8) is 0 Å². The number of aromatic nitrogens is 1. The third kappa shape index (κ3) is 1.02. The Morgan fingerprint density at radius 3 is 2.70 bits per heavy atom. The first-order valence-corrected chi connectivity index (χ1v) is 2.62. The molecule has 0 amide bonds. The molecule has 5 nitrogen and oxygen atoms in total. The van der Waals surface area contributed by atoms with Gasteiger partial charge in [-0.2, -0.15) is 0 Å². The molecule has 1 heterocycles. The van der Waals surface area contributed by atoms with Crippen molar-refractivity contribution in [1.29, 1.82) is 0 Å². The van der Waals surface area contributed by atoms with E-state index in [0.717, 1.165) is 4.68 Å². The summed E-state index contributed by atoms with van der Waals surface area (Å²) in [6.45, 7) is 0. The molecule has 0 unspecified atom stereocenters. The number of hydrogen-bond donors (Lipinski definition) is 1. The third-order valence-corrected chi connectivity index (χ3v) is 1.05. The lowest BCUT2D eigenvalue weighted by atomic mass is 10.5. The maximum atomic E-state index is 10.1. The van der Waals surface area contributed by atoms with E-state index in [9.17, 15) is 10.1 Å². The summed E-state index contributed by atoms with van der Waals surface area (Å²) in [5.41, 5.74) is 0.118. The van der Waals surface area contributed by atoms with Crippen molar-refractivity contribution < 1.29 is 10.4 Å². The fourth-order valence-electron chi connectivity index (χ4n) is 0.597. The highest BCUT2D eigenvalue weighted by Crippen LogP contribution is 1.77. The molecule has 0 saturated carbocycles. The van der Waals surface area contributed by atoms with Crippen LogP contribution in [0.3, 0.4) is 0 Å². The van der Waals surface area contributed by atoms with E-state index in [1.54, 1.807) is 12.1 Å². The summed E-state index contributed by atoms with van der Waals surface area (Å²) >= 11 is 0. The Labute approximate surface area is 56.2 Å². The van der Waals surface area contributed by atoms with Gasteiger partial charge in [0.2, 0.25) is 0 Å². The molecule has 0 radical (unpaired) electrons. The molecule has 0 atom stereocenters. The molecule has 0 saturated heterocycles. The second-order valence-corrected chi connectivity index (χ2v) is 1.71. The average molecular weight is 140 g/mol. The predicted octanol–water partition coefficient (Wildman–Crippen LogP) is -1.81. The van der Waals surface area contributed by atoms with Gasteiger partial charge >= 0.3 is 5.49 Å². The van der Waals surface area contributed by atoms with Gasteiger partial charge in [0.25, 0.3) is 5.03 Å². The van der Waals surface area contributed by atoms with E-state index < -0.39 is 5.03 Å². The third-order valence-electron chi connectivity index (χ3n) is 1.05. The molecule has 10 heavy (non-hydrogen) atoms. The fraction of sp³-hybridized carbons (Fsp3) is 0. The Bertz CT molecular complexity index is 304. The van der Waals surface area contributed by atoms with Crippen molar-refractivity contribution in [2.45, 2.75) is 0 Å². The Balaban J connectivity index is 3.29. The molecule has 0 fully saturated rings. The van der Waals surface area contributed by atoms with E-state index in [4.69, 9.17) is 5.41 Å². The molecule has 1 aromatic heterocycles. The van der Waals surface area contributed by atoms with Gasteiger partial charge in [-0.25, -0.2) is 10.1 Å². The van der Waals surface area contributed by atoms with E-state index in [0.29, 0.717) is 0 Å². The van der Waals surface area contributed by atoms with Crippen molar-refractivity contribution in [2.75, 3.05) is 0 Å². The summed E-state index contributed by atoms with van der Waals surface area (Å²) in [5, 5.41) is 14.8. The molecular weight excluding hydrogens is 134 g/mol. The van der Waals surface area contributed by atoms with Gasteiger partial charge in [-0.05, 0) is 6.07 Å². The minimum absolute atomic E-state index is 0.118. The van der Waals surface area contributed by atoms with Gasteiger partial charge < -0.3 is 0 Å². The summed E-state index contributed by atoms with van der Waals surface area (Å²) in [6.07, 6.45) is 1.29.